The summed E-state index contributed by atoms with van der Waals surface area (Å²) < 4.78 is 5.37. The first kappa shape index (κ1) is 10.5. The molecule has 3 aliphatic rings. The summed E-state index contributed by atoms with van der Waals surface area (Å²) >= 11 is 0. The van der Waals surface area contributed by atoms with Crippen LogP contribution in [-0.4, -0.2) is 50.8 Å². The van der Waals surface area contributed by atoms with Crippen molar-refractivity contribution in [2.24, 2.45) is 11.8 Å². The zero-order valence-corrected chi connectivity index (χ0v) is 9.69. The molecular weight excluding hydrogens is 200 g/mol. The molecule has 3 nitrogen and oxygen atoms in total. The average molecular weight is 220 g/mol. The van der Waals surface area contributed by atoms with Crippen LogP contribution in [0.25, 0.3) is 0 Å². The van der Waals surface area contributed by atoms with Gasteiger partial charge in [-0.1, -0.05) is 18.2 Å². The number of rotatable bonds is 2. The van der Waals surface area contributed by atoms with Crippen molar-refractivity contribution in [1.82, 2.24) is 10.2 Å². The van der Waals surface area contributed by atoms with Gasteiger partial charge in [-0.3, -0.25) is 4.90 Å². The zero-order chi connectivity index (χ0) is 10.8. The zero-order valence-electron chi connectivity index (χ0n) is 9.69. The Labute approximate surface area is 97.1 Å². The molecule has 1 aliphatic carbocycles. The van der Waals surface area contributed by atoms with E-state index in [1.807, 2.05) is 0 Å². The highest BCUT2D eigenvalue weighted by molar-refractivity contribution is 5.28. The van der Waals surface area contributed by atoms with Crippen LogP contribution in [0.15, 0.2) is 23.8 Å². The Balaban J connectivity index is 1.60. The maximum Gasteiger partial charge on any atom is 0.0594 e. The third-order valence-corrected chi connectivity index (χ3v) is 3.81. The van der Waals surface area contributed by atoms with E-state index in [0.717, 1.165) is 57.8 Å². The SMILES string of the molecule is C1=CC2CNCC2C=C1CN1CCOCC1. The molecule has 16 heavy (non-hydrogen) atoms. The van der Waals surface area contributed by atoms with Crippen LogP contribution in [0.1, 0.15) is 0 Å². The number of fused-ring (bicyclic) bond motifs is 1. The molecule has 0 bridgehead atoms. The molecule has 0 spiro atoms. The molecule has 2 fully saturated rings. The highest BCUT2D eigenvalue weighted by atomic mass is 16.5. The molecule has 0 aromatic heterocycles. The van der Waals surface area contributed by atoms with E-state index in [1.165, 1.54) is 5.57 Å². The molecule has 3 heteroatoms. The smallest absolute Gasteiger partial charge is 0.0594 e. The Morgan fingerprint density at radius 1 is 1.25 bits per heavy atom. The van der Waals surface area contributed by atoms with Gasteiger partial charge in [-0.05, 0) is 17.4 Å². The Hall–Kier alpha value is -0.640. The molecule has 0 amide bonds. The van der Waals surface area contributed by atoms with E-state index in [4.69, 9.17) is 4.74 Å². The lowest BCUT2D eigenvalue weighted by molar-refractivity contribution is 0.0425. The van der Waals surface area contributed by atoms with Crippen molar-refractivity contribution in [2.75, 3.05) is 45.9 Å². The van der Waals surface area contributed by atoms with Crippen LogP contribution in [0, 0.1) is 11.8 Å². The number of ether oxygens (including phenoxy) is 1. The Morgan fingerprint density at radius 2 is 2.06 bits per heavy atom. The third-order valence-electron chi connectivity index (χ3n) is 3.81. The minimum Gasteiger partial charge on any atom is -0.379 e. The number of morpholine rings is 1. The van der Waals surface area contributed by atoms with E-state index in [0.29, 0.717) is 0 Å². The second-order valence-corrected chi connectivity index (χ2v) is 4.98. The monoisotopic (exact) mass is 220 g/mol. The van der Waals surface area contributed by atoms with Crippen LogP contribution in [0.5, 0.6) is 0 Å². The number of hydrogen-bond acceptors (Lipinski definition) is 3. The summed E-state index contributed by atoms with van der Waals surface area (Å²) in [5, 5.41) is 3.46. The molecule has 0 aromatic rings. The fourth-order valence-corrected chi connectivity index (χ4v) is 2.81. The van der Waals surface area contributed by atoms with Crippen molar-refractivity contribution >= 4 is 0 Å². The van der Waals surface area contributed by atoms with E-state index in [9.17, 15) is 0 Å². The van der Waals surface area contributed by atoms with Crippen molar-refractivity contribution < 1.29 is 4.74 Å². The van der Waals surface area contributed by atoms with Gasteiger partial charge in [0, 0.05) is 32.7 Å². The quantitative estimate of drug-likeness (QED) is 0.739. The van der Waals surface area contributed by atoms with Crippen LogP contribution in [0.2, 0.25) is 0 Å². The van der Waals surface area contributed by atoms with Crippen LogP contribution in [0.4, 0.5) is 0 Å². The van der Waals surface area contributed by atoms with Crippen LogP contribution in [-0.2, 0) is 4.74 Å². The van der Waals surface area contributed by atoms with E-state index < -0.39 is 0 Å². The van der Waals surface area contributed by atoms with Gasteiger partial charge in [-0.25, -0.2) is 0 Å². The van der Waals surface area contributed by atoms with Gasteiger partial charge in [0.05, 0.1) is 13.2 Å². The van der Waals surface area contributed by atoms with E-state index in [-0.39, 0.29) is 0 Å². The van der Waals surface area contributed by atoms with Gasteiger partial charge in [-0.2, -0.15) is 0 Å². The second-order valence-electron chi connectivity index (χ2n) is 4.98. The molecule has 1 N–H and O–H groups in total. The summed E-state index contributed by atoms with van der Waals surface area (Å²) in [5.74, 6) is 1.48. The molecular formula is C13H20N2O. The lowest BCUT2D eigenvalue weighted by Crippen LogP contribution is -2.37. The molecule has 0 saturated carbocycles. The molecule has 2 saturated heterocycles. The van der Waals surface area contributed by atoms with E-state index >= 15 is 0 Å². The van der Waals surface area contributed by atoms with Gasteiger partial charge in [0.2, 0.25) is 0 Å². The fourth-order valence-electron chi connectivity index (χ4n) is 2.81. The summed E-state index contributed by atoms with van der Waals surface area (Å²) in [7, 11) is 0. The van der Waals surface area contributed by atoms with Crippen molar-refractivity contribution in [3.8, 4) is 0 Å². The summed E-state index contributed by atoms with van der Waals surface area (Å²) in [6, 6.07) is 0. The van der Waals surface area contributed by atoms with Gasteiger partial charge in [0.1, 0.15) is 0 Å². The van der Waals surface area contributed by atoms with Crippen molar-refractivity contribution in [3.05, 3.63) is 23.8 Å². The van der Waals surface area contributed by atoms with E-state index in [2.05, 4.69) is 28.4 Å². The standard InChI is InChI=1S/C13H20N2O/c1-2-12-8-14-9-13(12)7-11(1)10-15-3-5-16-6-4-15/h1-2,7,12-14H,3-6,8-10H2. The maximum absolute atomic E-state index is 5.37. The summed E-state index contributed by atoms with van der Waals surface area (Å²) in [6.07, 6.45) is 7.18. The highest BCUT2D eigenvalue weighted by Gasteiger charge is 2.26. The fraction of sp³-hybridized carbons (Fsp3) is 0.692. The molecule has 2 atom stereocenters. The van der Waals surface area contributed by atoms with Crippen molar-refractivity contribution in [3.63, 3.8) is 0 Å². The topological polar surface area (TPSA) is 24.5 Å². The number of nitrogens with one attached hydrogen (secondary N) is 1. The molecule has 2 aliphatic heterocycles. The first-order valence-corrected chi connectivity index (χ1v) is 6.31. The molecule has 2 heterocycles. The Kier molecular flexibility index (Phi) is 3.09. The summed E-state index contributed by atoms with van der Waals surface area (Å²) in [5.41, 5.74) is 1.49. The maximum atomic E-state index is 5.37. The molecule has 88 valence electrons. The van der Waals surface area contributed by atoms with Crippen LogP contribution >= 0.6 is 0 Å². The van der Waals surface area contributed by atoms with Gasteiger partial charge < -0.3 is 10.1 Å². The third kappa shape index (κ3) is 2.21. The summed E-state index contributed by atoms with van der Waals surface area (Å²) in [6.45, 7) is 7.36. The molecule has 3 rings (SSSR count). The Morgan fingerprint density at radius 3 is 2.94 bits per heavy atom. The molecule has 0 radical (unpaired) electrons. The lowest BCUT2D eigenvalue weighted by Gasteiger charge is -2.28. The Bertz CT molecular complexity index is 305. The summed E-state index contributed by atoms with van der Waals surface area (Å²) in [4.78, 5) is 2.49. The van der Waals surface area contributed by atoms with Gasteiger partial charge >= 0.3 is 0 Å². The predicted octanol–water partition coefficient (Wildman–Crippen LogP) is 0.650. The lowest BCUT2D eigenvalue weighted by atomic mass is 9.88. The normalized spacial score (nSPS) is 34.9. The van der Waals surface area contributed by atoms with Crippen LogP contribution in [0.3, 0.4) is 0 Å². The van der Waals surface area contributed by atoms with Gasteiger partial charge in [0.25, 0.3) is 0 Å². The molecule has 0 aromatic carbocycles. The van der Waals surface area contributed by atoms with Crippen molar-refractivity contribution in [1.29, 1.82) is 0 Å². The predicted molar refractivity (Wildman–Crippen MR) is 64.3 cm³/mol. The van der Waals surface area contributed by atoms with Crippen molar-refractivity contribution in [2.45, 2.75) is 0 Å². The van der Waals surface area contributed by atoms with Crippen LogP contribution < -0.4 is 5.32 Å². The minimum absolute atomic E-state index is 0.737. The highest BCUT2D eigenvalue weighted by Crippen LogP contribution is 2.26. The minimum atomic E-state index is 0.737. The first-order chi connectivity index (χ1) is 7.92. The largest absolute Gasteiger partial charge is 0.379 e. The molecule has 2 unspecified atom stereocenters. The van der Waals surface area contributed by atoms with Gasteiger partial charge in [-0.15, -0.1) is 0 Å². The average Bonchev–Trinajstić information content (AvgIpc) is 2.77. The van der Waals surface area contributed by atoms with E-state index in [1.54, 1.807) is 0 Å². The second kappa shape index (κ2) is 4.70. The number of nitrogens with zero attached hydrogens (tertiary/aromatic N) is 1. The first-order valence-electron chi connectivity index (χ1n) is 6.31. The number of hydrogen-bond donors (Lipinski definition) is 1. The van der Waals surface area contributed by atoms with Gasteiger partial charge in [0.15, 0.2) is 0 Å².